The number of aryl methyl sites for hydroxylation is 2. The lowest BCUT2D eigenvalue weighted by Gasteiger charge is -2.15. The van der Waals surface area contributed by atoms with Crippen molar-refractivity contribution in [2.75, 3.05) is 6.61 Å². The van der Waals surface area contributed by atoms with Gasteiger partial charge in [-0.3, -0.25) is 4.68 Å². The van der Waals surface area contributed by atoms with Crippen LogP contribution < -0.4 is 10.1 Å². The van der Waals surface area contributed by atoms with Crippen LogP contribution in [0.15, 0.2) is 24.4 Å². The van der Waals surface area contributed by atoms with Gasteiger partial charge in [-0.05, 0) is 31.0 Å². The van der Waals surface area contributed by atoms with E-state index in [1.165, 1.54) is 16.7 Å². The molecule has 4 heteroatoms. The standard InChI is InChI=1S/C16H21N3O/c1-11(17-9-15-10-19(3)18-12(15)2)13-4-5-16-14(8-13)6-7-20-16/h4-5,8,10-11,17H,6-7,9H2,1-3H3. The van der Waals surface area contributed by atoms with Crippen molar-refractivity contribution < 1.29 is 4.74 Å². The van der Waals surface area contributed by atoms with E-state index < -0.39 is 0 Å². The second-order valence-electron chi connectivity index (χ2n) is 5.48. The Morgan fingerprint density at radius 1 is 1.45 bits per heavy atom. The second-order valence-corrected chi connectivity index (χ2v) is 5.48. The summed E-state index contributed by atoms with van der Waals surface area (Å²) < 4.78 is 7.41. The number of hydrogen-bond donors (Lipinski definition) is 1. The first-order valence-electron chi connectivity index (χ1n) is 7.11. The normalized spacial score (nSPS) is 14.9. The van der Waals surface area contributed by atoms with Gasteiger partial charge in [-0.1, -0.05) is 12.1 Å². The molecule has 0 saturated carbocycles. The zero-order valence-corrected chi connectivity index (χ0v) is 12.3. The Bertz CT molecular complexity index is 618. The number of fused-ring (bicyclic) bond motifs is 1. The average Bonchev–Trinajstić information content (AvgIpc) is 3.01. The van der Waals surface area contributed by atoms with E-state index >= 15 is 0 Å². The third-order valence-corrected chi connectivity index (χ3v) is 3.93. The lowest BCUT2D eigenvalue weighted by atomic mass is 10.0. The monoisotopic (exact) mass is 271 g/mol. The quantitative estimate of drug-likeness (QED) is 0.928. The van der Waals surface area contributed by atoms with Crippen LogP contribution in [0.1, 0.15) is 35.3 Å². The maximum absolute atomic E-state index is 5.55. The van der Waals surface area contributed by atoms with Crippen LogP contribution in [0.3, 0.4) is 0 Å². The van der Waals surface area contributed by atoms with Crippen molar-refractivity contribution in [3.63, 3.8) is 0 Å². The Kier molecular flexibility index (Phi) is 3.49. The highest BCUT2D eigenvalue weighted by Gasteiger charge is 2.14. The van der Waals surface area contributed by atoms with Crippen molar-refractivity contribution in [1.82, 2.24) is 15.1 Å². The third kappa shape index (κ3) is 2.56. The fourth-order valence-electron chi connectivity index (χ4n) is 2.68. The lowest BCUT2D eigenvalue weighted by Crippen LogP contribution is -2.18. The number of hydrogen-bond acceptors (Lipinski definition) is 3. The molecule has 0 bridgehead atoms. The SMILES string of the molecule is Cc1nn(C)cc1CNC(C)c1ccc2c(c1)CCO2. The predicted octanol–water partition coefficient (Wildman–Crippen LogP) is 2.51. The van der Waals surface area contributed by atoms with Gasteiger partial charge in [-0.15, -0.1) is 0 Å². The molecule has 2 heterocycles. The van der Waals surface area contributed by atoms with Crippen molar-refractivity contribution in [3.05, 3.63) is 46.8 Å². The predicted molar refractivity (Wildman–Crippen MR) is 78.8 cm³/mol. The highest BCUT2D eigenvalue weighted by Crippen LogP contribution is 2.28. The summed E-state index contributed by atoms with van der Waals surface area (Å²) in [5, 5.41) is 7.94. The number of benzene rings is 1. The fourth-order valence-corrected chi connectivity index (χ4v) is 2.68. The molecule has 1 aromatic carbocycles. The minimum Gasteiger partial charge on any atom is -0.493 e. The van der Waals surface area contributed by atoms with Crippen molar-refractivity contribution in [2.45, 2.75) is 32.9 Å². The summed E-state index contributed by atoms with van der Waals surface area (Å²) in [4.78, 5) is 0. The van der Waals surface area contributed by atoms with Gasteiger partial charge in [0.1, 0.15) is 5.75 Å². The molecule has 0 radical (unpaired) electrons. The maximum Gasteiger partial charge on any atom is 0.122 e. The van der Waals surface area contributed by atoms with Crippen molar-refractivity contribution in [3.8, 4) is 5.75 Å². The molecule has 1 unspecified atom stereocenters. The minimum absolute atomic E-state index is 0.320. The van der Waals surface area contributed by atoms with Crippen molar-refractivity contribution in [1.29, 1.82) is 0 Å². The lowest BCUT2D eigenvalue weighted by molar-refractivity contribution is 0.356. The fraction of sp³-hybridized carbons (Fsp3) is 0.438. The number of aromatic nitrogens is 2. The van der Waals surface area contributed by atoms with Gasteiger partial charge in [0.2, 0.25) is 0 Å². The van der Waals surface area contributed by atoms with Gasteiger partial charge in [0, 0.05) is 37.8 Å². The molecule has 4 nitrogen and oxygen atoms in total. The maximum atomic E-state index is 5.55. The first-order chi connectivity index (χ1) is 9.63. The van der Waals surface area contributed by atoms with E-state index in [1.54, 1.807) is 0 Å². The van der Waals surface area contributed by atoms with Crippen molar-refractivity contribution in [2.24, 2.45) is 7.05 Å². The second kappa shape index (κ2) is 5.29. The molecule has 1 aliphatic rings. The smallest absolute Gasteiger partial charge is 0.122 e. The molecule has 1 aromatic heterocycles. The molecule has 1 atom stereocenters. The Morgan fingerprint density at radius 2 is 2.30 bits per heavy atom. The van der Waals surface area contributed by atoms with Crippen LogP contribution >= 0.6 is 0 Å². The summed E-state index contributed by atoms with van der Waals surface area (Å²) in [5.41, 5.74) is 4.99. The zero-order valence-electron chi connectivity index (χ0n) is 12.3. The summed E-state index contributed by atoms with van der Waals surface area (Å²) in [6, 6.07) is 6.82. The van der Waals surface area contributed by atoms with Gasteiger partial charge in [-0.2, -0.15) is 5.10 Å². The zero-order chi connectivity index (χ0) is 14.1. The molecule has 0 saturated heterocycles. The van der Waals surface area contributed by atoms with Crippen LogP contribution in [0.25, 0.3) is 0 Å². The van der Waals surface area contributed by atoms with Gasteiger partial charge in [0.25, 0.3) is 0 Å². The molecule has 106 valence electrons. The molecular formula is C16H21N3O. The van der Waals surface area contributed by atoms with Gasteiger partial charge >= 0.3 is 0 Å². The van der Waals surface area contributed by atoms with E-state index in [-0.39, 0.29) is 0 Å². The third-order valence-electron chi connectivity index (χ3n) is 3.93. The van der Waals surface area contributed by atoms with Crippen LogP contribution in [-0.4, -0.2) is 16.4 Å². The van der Waals surface area contributed by atoms with Gasteiger partial charge in [0.15, 0.2) is 0 Å². The number of nitrogens with one attached hydrogen (secondary N) is 1. The molecule has 2 aromatic rings. The average molecular weight is 271 g/mol. The van der Waals surface area contributed by atoms with Gasteiger partial charge in [-0.25, -0.2) is 0 Å². The van der Waals surface area contributed by atoms with Crippen molar-refractivity contribution >= 4 is 0 Å². The summed E-state index contributed by atoms with van der Waals surface area (Å²) in [6.45, 7) is 5.90. The van der Waals surface area contributed by atoms with E-state index in [0.717, 1.165) is 31.0 Å². The van der Waals surface area contributed by atoms with E-state index in [2.05, 4.69) is 48.7 Å². The molecule has 20 heavy (non-hydrogen) atoms. The first kappa shape index (κ1) is 13.2. The summed E-state index contributed by atoms with van der Waals surface area (Å²) in [7, 11) is 1.96. The van der Waals surface area contributed by atoms with Crippen LogP contribution in [0, 0.1) is 6.92 Å². The molecule has 0 aliphatic carbocycles. The van der Waals surface area contributed by atoms with Gasteiger partial charge in [0.05, 0.1) is 12.3 Å². The molecule has 0 spiro atoms. The Labute approximate surface area is 119 Å². The van der Waals surface area contributed by atoms with E-state index in [9.17, 15) is 0 Å². The molecule has 1 N–H and O–H groups in total. The largest absolute Gasteiger partial charge is 0.493 e. The highest BCUT2D eigenvalue weighted by molar-refractivity contribution is 5.40. The molecule has 0 amide bonds. The number of rotatable bonds is 4. The van der Waals surface area contributed by atoms with E-state index in [0.29, 0.717) is 6.04 Å². The van der Waals surface area contributed by atoms with Gasteiger partial charge < -0.3 is 10.1 Å². The van der Waals surface area contributed by atoms with Crippen LogP contribution in [-0.2, 0) is 20.0 Å². The Morgan fingerprint density at radius 3 is 3.05 bits per heavy atom. The Hall–Kier alpha value is -1.81. The van der Waals surface area contributed by atoms with Crippen LogP contribution in [0.2, 0.25) is 0 Å². The topological polar surface area (TPSA) is 39.1 Å². The van der Waals surface area contributed by atoms with Crippen LogP contribution in [0.4, 0.5) is 0 Å². The van der Waals surface area contributed by atoms with E-state index in [4.69, 9.17) is 4.74 Å². The summed E-state index contributed by atoms with van der Waals surface area (Å²) in [5.74, 6) is 1.05. The molecule has 0 fully saturated rings. The highest BCUT2D eigenvalue weighted by atomic mass is 16.5. The van der Waals surface area contributed by atoms with Crippen LogP contribution in [0.5, 0.6) is 5.75 Å². The number of ether oxygens (including phenoxy) is 1. The minimum atomic E-state index is 0.320. The summed E-state index contributed by atoms with van der Waals surface area (Å²) in [6.07, 6.45) is 3.10. The summed E-state index contributed by atoms with van der Waals surface area (Å²) >= 11 is 0. The molecule has 1 aliphatic heterocycles. The Balaban J connectivity index is 1.67. The first-order valence-corrected chi connectivity index (χ1v) is 7.11. The molecular weight excluding hydrogens is 250 g/mol. The van der Waals surface area contributed by atoms with E-state index in [1.807, 2.05) is 11.7 Å². The number of nitrogens with zero attached hydrogens (tertiary/aromatic N) is 2. The molecule has 3 rings (SSSR count).